The Bertz CT molecular complexity index is 947. The highest BCUT2D eigenvalue weighted by atomic mass is 16.1. The molecule has 2 aromatic carbocycles. The van der Waals surface area contributed by atoms with Crippen molar-refractivity contribution in [2.45, 2.75) is 0 Å². The molecule has 0 bridgehead atoms. The Morgan fingerprint density at radius 2 is 1.28 bits per heavy atom. The van der Waals surface area contributed by atoms with Crippen LogP contribution >= 0.6 is 0 Å². The zero-order valence-electron chi connectivity index (χ0n) is 9.53. The van der Waals surface area contributed by atoms with E-state index in [2.05, 4.69) is 9.97 Å². The Balaban J connectivity index is 2.39. The Hall–Kier alpha value is -2.55. The van der Waals surface area contributed by atoms with Crippen LogP contribution in [0.4, 0.5) is 0 Å². The fraction of sp³-hybridized carbons (Fsp3) is 0. The summed E-state index contributed by atoms with van der Waals surface area (Å²) < 4.78 is 0. The van der Waals surface area contributed by atoms with E-state index in [0.717, 1.165) is 32.8 Å². The maximum Gasteiger partial charge on any atom is 0.199 e. The van der Waals surface area contributed by atoms with Crippen LogP contribution in [0.3, 0.4) is 0 Å². The van der Waals surface area contributed by atoms with E-state index in [0.29, 0.717) is 0 Å². The zero-order valence-corrected chi connectivity index (χ0v) is 9.53. The van der Waals surface area contributed by atoms with Crippen LogP contribution in [-0.4, -0.2) is 9.97 Å². The third-order valence-corrected chi connectivity index (χ3v) is 3.36. The van der Waals surface area contributed by atoms with Crippen LogP contribution in [-0.2, 0) is 0 Å². The quantitative estimate of drug-likeness (QED) is 0.482. The van der Waals surface area contributed by atoms with E-state index in [4.69, 9.17) is 0 Å². The largest absolute Gasteiger partial charge is 0.341 e. The Kier molecular flexibility index (Phi) is 1.70. The molecule has 2 N–H and O–H groups in total. The van der Waals surface area contributed by atoms with Gasteiger partial charge in [-0.2, -0.15) is 0 Å². The summed E-state index contributed by atoms with van der Waals surface area (Å²) in [6.07, 6.45) is 0. The topological polar surface area (TPSA) is 48.6 Å². The van der Waals surface area contributed by atoms with Crippen molar-refractivity contribution in [3.05, 3.63) is 58.8 Å². The highest BCUT2D eigenvalue weighted by molar-refractivity contribution is 6.09. The van der Waals surface area contributed by atoms with Crippen molar-refractivity contribution in [3.8, 4) is 0 Å². The van der Waals surface area contributed by atoms with Crippen molar-refractivity contribution < 1.29 is 0 Å². The number of hydrogen-bond donors (Lipinski definition) is 2. The monoisotopic (exact) mass is 234 g/mol. The summed E-state index contributed by atoms with van der Waals surface area (Å²) in [7, 11) is 0. The van der Waals surface area contributed by atoms with Crippen LogP contribution in [0.15, 0.2) is 53.3 Å². The Labute approximate surface area is 102 Å². The predicted molar refractivity (Wildman–Crippen MR) is 73.9 cm³/mol. The lowest BCUT2D eigenvalue weighted by Crippen LogP contribution is -2.02. The van der Waals surface area contributed by atoms with Gasteiger partial charge in [-0.15, -0.1) is 0 Å². The van der Waals surface area contributed by atoms with Gasteiger partial charge in [0.05, 0.1) is 10.9 Å². The van der Waals surface area contributed by atoms with Crippen LogP contribution in [0.25, 0.3) is 32.8 Å². The van der Waals surface area contributed by atoms with Gasteiger partial charge in [-0.05, 0) is 18.2 Å². The smallest absolute Gasteiger partial charge is 0.199 e. The van der Waals surface area contributed by atoms with Gasteiger partial charge in [0.1, 0.15) is 5.65 Å². The number of aromatic amines is 2. The van der Waals surface area contributed by atoms with Crippen LogP contribution in [0.5, 0.6) is 0 Å². The third-order valence-electron chi connectivity index (χ3n) is 3.36. The molecule has 0 saturated heterocycles. The molecule has 2 heterocycles. The molecule has 0 fully saturated rings. The van der Waals surface area contributed by atoms with E-state index >= 15 is 0 Å². The van der Waals surface area contributed by atoms with Crippen molar-refractivity contribution in [1.29, 1.82) is 0 Å². The highest BCUT2D eigenvalue weighted by Crippen LogP contribution is 2.23. The van der Waals surface area contributed by atoms with Crippen molar-refractivity contribution in [2.24, 2.45) is 0 Å². The van der Waals surface area contributed by atoms with Crippen LogP contribution in [0.1, 0.15) is 0 Å². The molecule has 3 heteroatoms. The van der Waals surface area contributed by atoms with Gasteiger partial charge in [-0.1, -0.05) is 30.3 Å². The number of pyridine rings is 1. The first-order valence-electron chi connectivity index (χ1n) is 5.86. The second-order valence-electron chi connectivity index (χ2n) is 4.42. The van der Waals surface area contributed by atoms with E-state index in [1.54, 1.807) is 0 Å². The highest BCUT2D eigenvalue weighted by Gasteiger charge is 2.10. The van der Waals surface area contributed by atoms with Gasteiger partial charge in [-0.25, -0.2) is 0 Å². The van der Waals surface area contributed by atoms with Gasteiger partial charge >= 0.3 is 0 Å². The molecule has 18 heavy (non-hydrogen) atoms. The maximum atomic E-state index is 12.5. The molecule has 4 rings (SSSR count). The number of nitrogens with one attached hydrogen (secondary N) is 2. The fourth-order valence-electron chi connectivity index (χ4n) is 2.53. The average molecular weight is 234 g/mol. The number of fused-ring (bicyclic) bond motifs is 4. The molecule has 0 unspecified atom stereocenters. The van der Waals surface area contributed by atoms with Crippen molar-refractivity contribution >= 4 is 32.8 Å². The number of benzene rings is 2. The molecule has 0 saturated carbocycles. The molecule has 0 aliphatic heterocycles. The van der Waals surface area contributed by atoms with Crippen molar-refractivity contribution in [2.75, 3.05) is 0 Å². The average Bonchev–Trinajstić information content (AvgIpc) is 2.77. The van der Waals surface area contributed by atoms with Gasteiger partial charge in [-0.3, -0.25) is 4.79 Å². The zero-order chi connectivity index (χ0) is 12.1. The van der Waals surface area contributed by atoms with E-state index in [1.807, 2.05) is 48.5 Å². The summed E-state index contributed by atoms with van der Waals surface area (Å²) in [4.78, 5) is 19.1. The molecule has 3 nitrogen and oxygen atoms in total. The molecule has 0 atom stereocenters. The first-order valence-corrected chi connectivity index (χ1v) is 5.86. The molecule has 0 spiro atoms. The van der Waals surface area contributed by atoms with Gasteiger partial charge in [0.15, 0.2) is 5.43 Å². The summed E-state index contributed by atoms with van der Waals surface area (Å²) in [5.74, 6) is 0. The number of para-hydroxylation sites is 2. The minimum Gasteiger partial charge on any atom is -0.341 e. The lowest BCUT2D eigenvalue weighted by Gasteiger charge is -1.97. The summed E-state index contributed by atoms with van der Waals surface area (Å²) in [5.41, 5.74) is 2.72. The van der Waals surface area contributed by atoms with Gasteiger partial charge in [0.2, 0.25) is 0 Å². The van der Waals surface area contributed by atoms with Gasteiger partial charge in [0.25, 0.3) is 0 Å². The SMILES string of the molecule is O=c1c2ccccc2[nH]c2[nH]c3ccccc3c12. The van der Waals surface area contributed by atoms with E-state index in [-0.39, 0.29) is 5.43 Å². The molecular weight excluding hydrogens is 224 g/mol. The molecule has 86 valence electrons. The summed E-state index contributed by atoms with van der Waals surface area (Å²) in [6.45, 7) is 0. The van der Waals surface area contributed by atoms with Crippen LogP contribution in [0.2, 0.25) is 0 Å². The lowest BCUT2D eigenvalue weighted by atomic mass is 10.1. The second kappa shape index (κ2) is 3.23. The van der Waals surface area contributed by atoms with Gasteiger partial charge < -0.3 is 9.97 Å². The Morgan fingerprint density at radius 1 is 0.722 bits per heavy atom. The lowest BCUT2D eigenvalue weighted by molar-refractivity contribution is 1.40. The standard InChI is InChI=1S/C15H10N2O/c18-14-10-6-2-4-8-12(10)17-15-13(14)9-5-1-3-7-11(9)16-15/h1-8H,(H2,16,17,18). The molecule has 0 aliphatic rings. The van der Waals surface area contributed by atoms with E-state index < -0.39 is 0 Å². The second-order valence-corrected chi connectivity index (χ2v) is 4.42. The predicted octanol–water partition coefficient (Wildman–Crippen LogP) is 3.16. The maximum absolute atomic E-state index is 12.5. The molecule has 4 aromatic rings. The van der Waals surface area contributed by atoms with E-state index in [9.17, 15) is 4.79 Å². The number of H-pyrrole nitrogens is 2. The number of rotatable bonds is 0. The molecule has 0 amide bonds. The van der Waals surface area contributed by atoms with E-state index in [1.165, 1.54) is 0 Å². The number of hydrogen-bond acceptors (Lipinski definition) is 1. The summed E-state index contributed by atoms with van der Waals surface area (Å²) >= 11 is 0. The Morgan fingerprint density at radius 3 is 2.00 bits per heavy atom. The van der Waals surface area contributed by atoms with Crippen molar-refractivity contribution in [3.63, 3.8) is 0 Å². The molecule has 0 radical (unpaired) electrons. The van der Waals surface area contributed by atoms with Crippen LogP contribution < -0.4 is 5.43 Å². The molecule has 0 aliphatic carbocycles. The van der Waals surface area contributed by atoms with Crippen molar-refractivity contribution in [1.82, 2.24) is 9.97 Å². The third kappa shape index (κ3) is 1.10. The summed E-state index contributed by atoms with van der Waals surface area (Å²) in [6, 6.07) is 15.4. The van der Waals surface area contributed by atoms with Gasteiger partial charge in [0, 0.05) is 16.3 Å². The minimum atomic E-state index is 0.0804. The first kappa shape index (κ1) is 9.48. The normalized spacial score (nSPS) is 11.6. The van der Waals surface area contributed by atoms with Crippen LogP contribution in [0, 0.1) is 0 Å². The molecule has 2 aromatic heterocycles. The summed E-state index contributed by atoms with van der Waals surface area (Å²) in [5, 5.41) is 2.44. The fourth-order valence-corrected chi connectivity index (χ4v) is 2.53. The number of aromatic nitrogens is 2. The molecular formula is C15H10N2O. The first-order chi connectivity index (χ1) is 8.84. The minimum absolute atomic E-state index is 0.0804.